The highest BCUT2D eigenvalue weighted by molar-refractivity contribution is 9.10. The first-order chi connectivity index (χ1) is 11.0. The summed E-state index contributed by atoms with van der Waals surface area (Å²) in [5, 5.41) is 2.82. The fourth-order valence-corrected chi connectivity index (χ4v) is 2.55. The number of hydrogen-bond acceptors (Lipinski definition) is 2. The Morgan fingerprint density at radius 1 is 1.17 bits per heavy atom. The number of benzene rings is 2. The molecule has 0 radical (unpaired) electrons. The van der Waals surface area contributed by atoms with E-state index in [0.717, 1.165) is 0 Å². The van der Waals surface area contributed by atoms with Gasteiger partial charge in [-0.2, -0.15) is 0 Å². The van der Waals surface area contributed by atoms with Crippen LogP contribution < -0.4 is 10.1 Å². The third kappa shape index (κ3) is 5.06. The molecule has 0 spiro atoms. The maximum atomic E-state index is 13.7. The number of carbonyl (C=O) groups is 1. The lowest BCUT2D eigenvalue weighted by Crippen LogP contribution is -2.25. The number of alkyl halides is 1. The quantitative estimate of drug-likeness (QED) is 0.747. The zero-order chi connectivity index (χ0) is 16.8. The zero-order valence-corrected chi connectivity index (χ0v) is 14.6. The summed E-state index contributed by atoms with van der Waals surface area (Å²) >= 11 is 3.33. The number of anilines is 1. The average Bonchev–Trinajstić information content (AvgIpc) is 2.51. The molecule has 0 aliphatic heterocycles. The summed E-state index contributed by atoms with van der Waals surface area (Å²) in [6, 6.07) is 13.7. The van der Waals surface area contributed by atoms with Crippen molar-refractivity contribution in [2.75, 3.05) is 5.32 Å². The van der Waals surface area contributed by atoms with Gasteiger partial charge < -0.3 is 10.1 Å². The predicted octanol–water partition coefficient (Wildman–Crippen LogP) is 4.56. The molecule has 0 fully saturated rings. The van der Waals surface area contributed by atoms with Crippen LogP contribution in [0.15, 0.2) is 48.5 Å². The summed E-state index contributed by atoms with van der Waals surface area (Å²) in [6.07, 6.45) is 0.275. The summed E-state index contributed by atoms with van der Waals surface area (Å²) in [5.41, 5.74) is 1.10. The van der Waals surface area contributed by atoms with Crippen LogP contribution in [0.25, 0.3) is 0 Å². The minimum absolute atomic E-state index is 0.00577. The van der Waals surface area contributed by atoms with E-state index < -0.39 is 4.83 Å². The Kier molecular flexibility index (Phi) is 6.16. The molecular weight excluding hydrogens is 361 g/mol. The number of carbonyl (C=O) groups excluding carboxylic acids is 1. The van der Waals surface area contributed by atoms with E-state index >= 15 is 0 Å². The highest BCUT2D eigenvalue weighted by atomic mass is 79.9. The van der Waals surface area contributed by atoms with Crippen molar-refractivity contribution < 1.29 is 13.9 Å². The molecule has 0 bridgehead atoms. The average molecular weight is 380 g/mol. The monoisotopic (exact) mass is 379 g/mol. The molecule has 0 heterocycles. The van der Waals surface area contributed by atoms with Crippen LogP contribution in [0.5, 0.6) is 5.75 Å². The smallest absolute Gasteiger partial charge is 0.238 e. The number of halogens is 2. The Bertz CT molecular complexity index is 676. The molecule has 2 rings (SSSR count). The summed E-state index contributed by atoms with van der Waals surface area (Å²) in [7, 11) is 0. The van der Waals surface area contributed by atoms with E-state index in [-0.39, 0.29) is 24.2 Å². The van der Waals surface area contributed by atoms with E-state index in [0.29, 0.717) is 17.0 Å². The van der Waals surface area contributed by atoms with Crippen LogP contribution in [0, 0.1) is 5.82 Å². The van der Waals surface area contributed by atoms with Gasteiger partial charge in [0.15, 0.2) is 0 Å². The van der Waals surface area contributed by atoms with E-state index in [2.05, 4.69) is 21.2 Å². The van der Waals surface area contributed by atoms with Crippen LogP contribution in [-0.2, 0) is 11.2 Å². The third-order valence-electron chi connectivity index (χ3n) is 3.15. The van der Waals surface area contributed by atoms with Gasteiger partial charge in [-0.25, -0.2) is 4.39 Å². The lowest BCUT2D eigenvalue weighted by molar-refractivity contribution is -0.115. The van der Waals surface area contributed by atoms with Gasteiger partial charge in [0.05, 0.1) is 16.6 Å². The van der Waals surface area contributed by atoms with Crippen LogP contribution in [0.3, 0.4) is 0 Å². The van der Waals surface area contributed by atoms with E-state index in [9.17, 15) is 9.18 Å². The second-order valence-electron chi connectivity index (χ2n) is 5.42. The van der Waals surface area contributed by atoms with Crippen molar-refractivity contribution in [3.8, 4) is 5.75 Å². The van der Waals surface area contributed by atoms with Crippen molar-refractivity contribution in [2.45, 2.75) is 31.2 Å². The van der Waals surface area contributed by atoms with Gasteiger partial charge in [0.25, 0.3) is 0 Å². The zero-order valence-electron chi connectivity index (χ0n) is 13.1. The van der Waals surface area contributed by atoms with Crippen molar-refractivity contribution in [3.05, 3.63) is 59.9 Å². The van der Waals surface area contributed by atoms with Crippen molar-refractivity contribution >= 4 is 27.5 Å². The molecule has 2 aromatic rings. The van der Waals surface area contributed by atoms with Gasteiger partial charge in [-0.1, -0.05) is 46.3 Å². The minimum atomic E-state index is -0.536. The molecule has 0 aliphatic carbocycles. The summed E-state index contributed by atoms with van der Waals surface area (Å²) in [4.78, 5) is 11.8. The minimum Gasteiger partial charge on any atom is -0.489 e. The van der Waals surface area contributed by atoms with Crippen LogP contribution in [0.1, 0.15) is 19.4 Å². The lowest BCUT2D eigenvalue weighted by Gasteiger charge is -2.16. The predicted molar refractivity (Wildman–Crippen MR) is 93.7 cm³/mol. The maximum Gasteiger partial charge on any atom is 0.238 e. The highest BCUT2D eigenvalue weighted by Crippen LogP contribution is 2.26. The summed E-state index contributed by atoms with van der Waals surface area (Å²) in [5.74, 6) is 0.0581. The number of para-hydroxylation sites is 2. The van der Waals surface area contributed by atoms with Crippen LogP contribution in [0.4, 0.5) is 10.1 Å². The van der Waals surface area contributed by atoms with E-state index in [4.69, 9.17) is 4.74 Å². The maximum absolute atomic E-state index is 13.7. The normalized spacial score (nSPS) is 12.0. The molecule has 3 nitrogen and oxygen atoms in total. The molecule has 1 amide bonds. The Labute approximate surface area is 144 Å². The molecule has 23 heavy (non-hydrogen) atoms. The van der Waals surface area contributed by atoms with Gasteiger partial charge in [0.1, 0.15) is 11.6 Å². The van der Waals surface area contributed by atoms with Crippen molar-refractivity contribution in [1.29, 1.82) is 0 Å². The fraction of sp³-hybridized carbons (Fsp3) is 0.278. The number of nitrogens with one attached hydrogen (secondary N) is 1. The summed E-state index contributed by atoms with van der Waals surface area (Å²) in [6.45, 7) is 3.84. The first-order valence-corrected chi connectivity index (χ1v) is 8.33. The van der Waals surface area contributed by atoms with Gasteiger partial charge in [0.2, 0.25) is 5.91 Å². The molecule has 0 saturated carbocycles. The van der Waals surface area contributed by atoms with Gasteiger partial charge in [-0.05, 0) is 44.0 Å². The number of rotatable bonds is 6. The second-order valence-corrected chi connectivity index (χ2v) is 6.52. The highest BCUT2D eigenvalue weighted by Gasteiger charge is 2.18. The molecule has 0 aromatic heterocycles. The molecule has 5 heteroatoms. The topological polar surface area (TPSA) is 38.3 Å². The van der Waals surface area contributed by atoms with E-state index in [1.54, 1.807) is 30.3 Å². The molecule has 122 valence electrons. The van der Waals surface area contributed by atoms with Crippen molar-refractivity contribution in [2.24, 2.45) is 0 Å². The first-order valence-electron chi connectivity index (χ1n) is 7.41. The molecule has 0 saturated heterocycles. The van der Waals surface area contributed by atoms with Gasteiger partial charge in [-0.3, -0.25) is 4.79 Å². The number of amides is 1. The molecule has 0 aliphatic rings. The number of ether oxygens (including phenoxy) is 1. The fourth-order valence-electron chi connectivity index (χ4n) is 2.09. The lowest BCUT2D eigenvalue weighted by atomic mass is 10.1. The summed E-state index contributed by atoms with van der Waals surface area (Å²) < 4.78 is 19.3. The Hall–Kier alpha value is -1.88. The molecule has 1 N–H and O–H groups in total. The van der Waals surface area contributed by atoms with Gasteiger partial charge in [0, 0.05) is 0 Å². The molecule has 2 aromatic carbocycles. The van der Waals surface area contributed by atoms with Gasteiger partial charge in [-0.15, -0.1) is 0 Å². The van der Waals surface area contributed by atoms with Crippen molar-refractivity contribution in [3.63, 3.8) is 0 Å². The van der Waals surface area contributed by atoms with E-state index in [1.807, 2.05) is 26.0 Å². The van der Waals surface area contributed by atoms with Gasteiger partial charge >= 0.3 is 0 Å². The number of hydrogen-bond donors (Lipinski definition) is 1. The molecular formula is C18H19BrFNO2. The standard InChI is InChI=1S/C18H19BrFNO2/c1-12(2)23-17-10-6-5-9-16(17)21-18(22)14(19)11-13-7-3-4-8-15(13)20/h3-10,12,14H,11H2,1-2H3,(H,21,22). The second kappa shape index (κ2) is 8.11. The molecule has 1 unspecified atom stereocenters. The van der Waals surface area contributed by atoms with Crippen LogP contribution in [-0.4, -0.2) is 16.8 Å². The Morgan fingerprint density at radius 3 is 2.52 bits per heavy atom. The van der Waals surface area contributed by atoms with Crippen LogP contribution in [0.2, 0.25) is 0 Å². The largest absolute Gasteiger partial charge is 0.489 e. The third-order valence-corrected chi connectivity index (χ3v) is 3.89. The van der Waals surface area contributed by atoms with E-state index in [1.165, 1.54) is 6.07 Å². The molecule has 1 atom stereocenters. The SMILES string of the molecule is CC(C)Oc1ccccc1NC(=O)C(Br)Cc1ccccc1F. The Balaban J connectivity index is 2.05. The first kappa shape index (κ1) is 17.5. The van der Waals surface area contributed by atoms with Crippen molar-refractivity contribution in [1.82, 2.24) is 0 Å². The van der Waals surface area contributed by atoms with Crippen LogP contribution >= 0.6 is 15.9 Å². The Morgan fingerprint density at radius 2 is 1.83 bits per heavy atom.